The number of ketones is 1. The number of hydrogen-bond acceptors (Lipinski definition) is 6. The summed E-state index contributed by atoms with van der Waals surface area (Å²) >= 11 is 0. The molecule has 0 saturated carbocycles. The molecule has 0 unspecified atom stereocenters. The molecule has 0 saturated heterocycles. The number of Topliss-reactive ketones (excluding diaryl/α,β-unsaturated/α-hetero) is 1. The van der Waals surface area contributed by atoms with Crippen LogP contribution < -0.4 is 4.74 Å². The van der Waals surface area contributed by atoms with Crippen LogP contribution in [0.5, 0.6) is 5.75 Å². The molecular weight excluding hydrogens is 278 g/mol. The van der Waals surface area contributed by atoms with Crippen LogP contribution in [-0.4, -0.2) is 29.9 Å². The van der Waals surface area contributed by atoms with Crippen LogP contribution >= 0.6 is 0 Å². The molecule has 0 radical (unpaired) electrons. The molecule has 7 nitrogen and oxygen atoms in total. The van der Waals surface area contributed by atoms with Gasteiger partial charge in [0.25, 0.3) is 0 Å². The molecule has 0 aliphatic heterocycles. The number of nitrogens with zero attached hydrogens (tertiary/aromatic N) is 1. The Hall–Kier alpha value is -2.44. The predicted molar refractivity (Wildman–Crippen MR) is 74.2 cm³/mol. The largest absolute Gasteiger partial charge is 0.479 e. The van der Waals surface area contributed by atoms with Crippen molar-refractivity contribution >= 4 is 17.4 Å². The Morgan fingerprint density at radius 3 is 2.57 bits per heavy atom. The number of esters is 1. The zero-order valence-electron chi connectivity index (χ0n) is 12.0. The van der Waals surface area contributed by atoms with Crippen LogP contribution in [0.2, 0.25) is 0 Å². The molecule has 0 amide bonds. The second-order valence-corrected chi connectivity index (χ2v) is 4.22. The number of benzene rings is 1. The van der Waals surface area contributed by atoms with Gasteiger partial charge in [0.15, 0.2) is 11.5 Å². The van der Waals surface area contributed by atoms with Crippen molar-refractivity contribution in [2.75, 3.05) is 13.2 Å². The molecule has 0 heterocycles. The van der Waals surface area contributed by atoms with E-state index in [1.165, 1.54) is 12.1 Å². The summed E-state index contributed by atoms with van der Waals surface area (Å²) in [5.74, 6) is -1.13. The number of nitro benzene ring substituents is 1. The predicted octanol–water partition coefficient (Wildman–Crippen LogP) is 2.06. The van der Waals surface area contributed by atoms with Crippen LogP contribution in [0.4, 0.5) is 5.69 Å². The van der Waals surface area contributed by atoms with E-state index in [4.69, 9.17) is 4.74 Å². The highest BCUT2D eigenvalue weighted by Crippen LogP contribution is 2.28. The Balaban J connectivity index is 2.68. The van der Waals surface area contributed by atoms with E-state index in [-0.39, 0.29) is 18.0 Å². The number of nitro groups is 1. The Labute approximate surface area is 122 Å². The molecule has 0 N–H and O–H groups in total. The lowest BCUT2D eigenvalue weighted by Gasteiger charge is -2.07. The number of hydrogen-bond donors (Lipinski definition) is 0. The number of aryl methyl sites for hydroxylation is 1. The molecule has 0 fully saturated rings. The fourth-order valence-electron chi connectivity index (χ4n) is 1.63. The van der Waals surface area contributed by atoms with Crippen LogP contribution in [0.3, 0.4) is 0 Å². The van der Waals surface area contributed by atoms with Gasteiger partial charge in [-0.2, -0.15) is 0 Å². The first-order valence-electron chi connectivity index (χ1n) is 6.55. The van der Waals surface area contributed by atoms with Gasteiger partial charge in [0.1, 0.15) is 13.0 Å². The summed E-state index contributed by atoms with van der Waals surface area (Å²) in [4.78, 5) is 33.0. The van der Waals surface area contributed by atoms with E-state index in [0.29, 0.717) is 6.42 Å². The molecule has 0 spiro atoms. The number of carbonyl (C=O) groups excluding carboxylic acids is 2. The number of ether oxygens (including phenoxy) is 2. The molecule has 114 valence electrons. The lowest BCUT2D eigenvalue weighted by molar-refractivity contribution is -0.385. The molecule has 1 rings (SSSR count). The maximum Gasteiger partial charge on any atom is 0.313 e. The van der Waals surface area contributed by atoms with Gasteiger partial charge in [-0.05, 0) is 25.0 Å². The number of carbonyl (C=O) groups is 2. The fourth-order valence-corrected chi connectivity index (χ4v) is 1.63. The van der Waals surface area contributed by atoms with Gasteiger partial charge in [-0.3, -0.25) is 19.7 Å². The van der Waals surface area contributed by atoms with Crippen molar-refractivity contribution in [1.29, 1.82) is 0 Å². The average Bonchev–Trinajstić information content (AvgIpc) is 2.45. The standard InChI is InChI=1S/C14H17NO6/c1-3-10-5-6-13(12(7-10)15(18)19)21-9-11(16)8-14(17)20-4-2/h5-7H,3-4,8-9H2,1-2H3. The summed E-state index contributed by atoms with van der Waals surface area (Å²) in [6.07, 6.45) is 0.248. The topological polar surface area (TPSA) is 95.7 Å². The van der Waals surface area contributed by atoms with Gasteiger partial charge in [0.2, 0.25) is 0 Å². The molecule has 21 heavy (non-hydrogen) atoms. The Bertz CT molecular complexity index is 540. The molecule has 0 aromatic heterocycles. The van der Waals surface area contributed by atoms with E-state index in [1.54, 1.807) is 13.0 Å². The van der Waals surface area contributed by atoms with Crippen LogP contribution in [0, 0.1) is 10.1 Å². The lowest BCUT2D eigenvalue weighted by atomic mass is 10.1. The van der Waals surface area contributed by atoms with E-state index in [1.807, 2.05) is 6.92 Å². The second kappa shape index (κ2) is 7.98. The minimum absolute atomic E-state index is 0.00871. The third kappa shape index (κ3) is 5.21. The van der Waals surface area contributed by atoms with Gasteiger partial charge in [0.05, 0.1) is 11.5 Å². The summed E-state index contributed by atoms with van der Waals surface area (Å²) in [6, 6.07) is 4.55. The SMILES string of the molecule is CCOC(=O)CC(=O)COc1ccc(CC)cc1[N+](=O)[O-]. The first kappa shape index (κ1) is 16.6. The highest BCUT2D eigenvalue weighted by molar-refractivity contribution is 5.96. The van der Waals surface area contributed by atoms with E-state index >= 15 is 0 Å². The third-order valence-corrected chi connectivity index (χ3v) is 2.66. The zero-order chi connectivity index (χ0) is 15.8. The van der Waals surface area contributed by atoms with Crippen LogP contribution in [0.25, 0.3) is 0 Å². The summed E-state index contributed by atoms with van der Waals surface area (Å²) in [6.45, 7) is 3.29. The van der Waals surface area contributed by atoms with Crippen molar-refractivity contribution in [2.24, 2.45) is 0 Å². The molecule has 7 heteroatoms. The highest BCUT2D eigenvalue weighted by atomic mass is 16.6. The molecule has 1 aromatic carbocycles. The monoisotopic (exact) mass is 295 g/mol. The van der Waals surface area contributed by atoms with Crippen LogP contribution in [0.1, 0.15) is 25.8 Å². The summed E-state index contributed by atoms with van der Waals surface area (Å²) in [7, 11) is 0. The van der Waals surface area contributed by atoms with Crippen LogP contribution in [0.15, 0.2) is 18.2 Å². The van der Waals surface area contributed by atoms with Crippen molar-refractivity contribution in [3.05, 3.63) is 33.9 Å². The van der Waals surface area contributed by atoms with E-state index in [2.05, 4.69) is 4.74 Å². The van der Waals surface area contributed by atoms with Crippen molar-refractivity contribution in [1.82, 2.24) is 0 Å². The van der Waals surface area contributed by atoms with Crippen molar-refractivity contribution < 1.29 is 24.0 Å². The smallest absolute Gasteiger partial charge is 0.313 e. The molecule has 0 atom stereocenters. The number of rotatable bonds is 8. The minimum Gasteiger partial charge on any atom is -0.479 e. The zero-order valence-corrected chi connectivity index (χ0v) is 12.0. The quantitative estimate of drug-likeness (QED) is 0.315. The van der Waals surface area contributed by atoms with Gasteiger partial charge < -0.3 is 9.47 Å². The van der Waals surface area contributed by atoms with Crippen molar-refractivity contribution in [3.63, 3.8) is 0 Å². The van der Waals surface area contributed by atoms with E-state index < -0.39 is 29.7 Å². The van der Waals surface area contributed by atoms with Gasteiger partial charge in [-0.25, -0.2) is 0 Å². The lowest BCUT2D eigenvalue weighted by Crippen LogP contribution is -2.17. The highest BCUT2D eigenvalue weighted by Gasteiger charge is 2.18. The maximum absolute atomic E-state index is 11.5. The average molecular weight is 295 g/mol. The summed E-state index contributed by atoms with van der Waals surface area (Å²) in [5, 5.41) is 11.0. The Morgan fingerprint density at radius 2 is 2.00 bits per heavy atom. The Kier molecular flexibility index (Phi) is 6.32. The van der Waals surface area contributed by atoms with Crippen molar-refractivity contribution in [3.8, 4) is 5.75 Å². The molecular formula is C14H17NO6. The Morgan fingerprint density at radius 1 is 1.29 bits per heavy atom. The maximum atomic E-state index is 11.5. The first-order valence-corrected chi connectivity index (χ1v) is 6.55. The van der Waals surface area contributed by atoms with E-state index in [0.717, 1.165) is 5.56 Å². The molecule has 0 bridgehead atoms. The molecule has 1 aromatic rings. The van der Waals surface area contributed by atoms with Gasteiger partial charge in [-0.1, -0.05) is 13.0 Å². The fraction of sp³-hybridized carbons (Fsp3) is 0.429. The van der Waals surface area contributed by atoms with E-state index in [9.17, 15) is 19.7 Å². The van der Waals surface area contributed by atoms with Gasteiger partial charge in [-0.15, -0.1) is 0 Å². The molecule has 0 aliphatic rings. The second-order valence-electron chi connectivity index (χ2n) is 4.22. The summed E-state index contributed by atoms with van der Waals surface area (Å²) < 4.78 is 9.77. The first-order chi connectivity index (χ1) is 9.97. The van der Waals surface area contributed by atoms with Gasteiger partial charge >= 0.3 is 11.7 Å². The molecule has 0 aliphatic carbocycles. The normalized spacial score (nSPS) is 10.0. The van der Waals surface area contributed by atoms with Crippen molar-refractivity contribution in [2.45, 2.75) is 26.7 Å². The van der Waals surface area contributed by atoms with Gasteiger partial charge in [0, 0.05) is 6.07 Å². The minimum atomic E-state index is -0.637. The summed E-state index contributed by atoms with van der Waals surface area (Å²) in [5.41, 5.74) is 0.602. The third-order valence-electron chi connectivity index (χ3n) is 2.66. The van der Waals surface area contributed by atoms with Crippen LogP contribution in [-0.2, 0) is 20.7 Å².